The van der Waals surface area contributed by atoms with Gasteiger partial charge in [-0.1, -0.05) is 24.3 Å². The van der Waals surface area contributed by atoms with Crippen molar-refractivity contribution in [1.82, 2.24) is 15.2 Å². The highest BCUT2D eigenvalue weighted by atomic mass is 19.1. The predicted octanol–water partition coefficient (Wildman–Crippen LogP) is 4.02. The highest BCUT2D eigenvalue weighted by molar-refractivity contribution is 5.90. The molecule has 0 aliphatic carbocycles. The molecule has 0 radical (unpaired) electrons. The largest absolute Gasteiger partial charge is 0.494 e. The number of fused-ring (bicyclic) bond motifs is 1. The van der Waals surface area contributed by atoms with Crippen molar-refractivity contribution in [2.75, 3.05) is 7.11 Å². The second kappa shape index (κ2) is 6.32. The van der Waals surface area contributed by atoms with Crippen LogP contribution < -0.4 is 4.74 Å². The Morgan fingerprint density at radius 2 is 1.88 bits per heavy atom. The van der Waals surface area contributed by atoms with Crippen molar-refractivity contribution in [3.05, 3.63) is 72.0 Å². The van der Waals surface area contributed by atoms with E-state index >= 15 is 0 Å². The van der Waals surface area contributed by atoms with Gasteiger partial charge in [0.1, 0.15) is 11.3 Å². The van der Waals surface area contributed by atoms with Crippen LogP contribution in [-0.4, -0.2) is 22.3 Å². The van der Waals surface area contributed by atoms with E-state index in [1.165, 1.54) is 12.1 Å². The number of methoxy groups -OCH3 is 1. The zero-order chi connectivity index (χ0) is 17.2. The lowest BCUT2D eigenvalue weighted by molar-refractivity contribution is 0.417. The maximum atomic E-state index is 13.0. The van der Waals surface area contributed by atoms with Gasteiger partial charge in [-0.15, -0.1) is 10.2 Å². The van der Waals surface area contributed by atoms with Gasteiger partial charge in [-0.3, -0.25) is 4.98 Å². The second-order valence-electron chi connectivity index (χ2n) is 5.53. The molecule has 5 nitrogen and oxygen atoms in total. The summed E-state index contributed by atoms with van der Waals surface area (Å²) in [6.45, 7) is 0. The topological polar surface area (TPSA) is 61.0 Å². The number of hydrogen-bond donors (Lipinski definition) is 0. The molecule has 4 aromatic rings. The van der Waals surface area contributed by atoms with Crippen LogP contribution >= 0.6 is 0 Å². The van der Waals surface area contributed by atoms with Gasteiger partial charge in [-0.2, -0.15) is 0 Å². The molecule has 124 valence electrons. The average molecular weight is 335 g/mol. The van der Waals surface area contributed by atoms with Crippen molar-refractivity contribution >= 4 is 10.9 Å². The minimum Gasteiger partial charge on any atom is -0.494 e. The molecule has 4 rings (SSSR count). The van der Waals surface area contributed by atoms with E-state index in [1.54, 1.807) is 25.4 Å². The third-order valence-electron chi connectivity index (χ3n) is 3.90. The van der Waals surface area contributed by atoms with E-state index in [0.29, 0.717) is 29.5 Å². The van der Waals surface area contributed by atoms with Crippen LogP contribution in [0, 0.1) is 5.82 Å². The Morgan fingerprint density at radius 1 is 1.04 bits per heavy atom. The minimum absolute atomic E-state index is 0.275. The molecule has 25 heavy (non-hydrogen) atoms. The lowest BCUT2D eigenvalue weighted by Gasteiger charge is -2.08. The monoisotopic (exact) mass is 335 g/mol. The summed E-state index contributed by atoms with van der Waals surface area (Å²) in [5.74, 6) is 1.13. The van der Waals surface area contributed by atoms with Crippen molar-refractivity contribution in [1.29, 1.82) is 0 Å². The van der Waals surface area contributed by atoms with Gasteiger partial charge in [0.15, 0.2) is 5.75 Å². The predicted molar refractivity (Wildman–Crippen MR) is 90.8 cm³/mol. The SMILES string of the molecule is COc1c(-c2nnc(Cc3ccc(F)cc3)o2)ccc2cccnc12. The summed E-state index contributed by atoms with van der Waals surface area (Å²) in [5.41, 5.74) is 2.32. The number of halogens is 1. The van der Waals surface area contributed by atoms with Crippen LogP contribution in [0.1, 0.15) is 11.5 Å². The van der Waals surface area contributed by atoms with Crippen LogP contribution in [-0.2, 0) is 6.42 Å². The molecule has 6 heteroatoms. The molecule has 0 saturated carbocycles. The molecule has 0 fully saturated rings. The van der Waals surface area contributed by atoms with Crippen LogP contribution in [0.5, 0.6) is 5.75 Å². The molecule has 0 spiro atoms. The number of ether oxygens (including phenoxy) is 1. The maximum Gasteiger partial charge on any atom is 0.251 e. The molecule has 2 aromatic heterocycles. The van der Waals surface area contributed by atoms with Crippen molar-refractivity contribution in [3.63, 3.8) is 0 Å². The van der Waals surface area contributed by atoms with Gasteiger partial charge in [0.05, 0.1) is 19.1 Å². The second-order valence-corrected chi connectivity index (χ2v) is 5.53. The molecule has 0 saturated heterocycles. The van der Waals surface area contributed by atoms with E-state index < -0.39 is 0 Å². The number of benzene rings is 2. The van der Waals surface area contributed by atoms with Crippen LogP contribution in [0.2, 0.25) is 0 Å². The molecule has 2 aromatic carbocycles. The summed E-state index contributed by atoms with van der Waals surface area (Å²) in [6, 6.07) is 13.8. The van der Waals surface area contributed by atoms with Gasteiger partial charge in [-0.05, 0) is 29.8 Å². The fourth-order valence-corrected chi connectivity index (χ4v) is 2.70. The molecule has 0 aliphatic rings. The standard InChI is InChI=1S/C19H14FN3O2/c1-24-18-15(9-6-13-3-2-10-21-17(13)18)19-23-22-16(25-19)11-12-4-7-14(20)8-5-12/h2-10H,11H2,1H3. The van der Waals surface area contributed by atoms with Gasteiger partial charge < -0.3 is 9.15 Å². The average Bonchev–Trinajstić information content (AvgIpc) is 3.11. The maximum absolute atomic E-state index is 13.0. The van der Waals surface area contributed by atoms with E-state index in [2.05, 4.69) is 15.2 Å². The van der Waals surface area contributed by atoms with Gasteiger partial charge in [0, 0.05) is 11.6 Å². The molecule has 0 amide bonds. The summed E-state index contributed by atoms with van der Waals surface area (Å²) in [6.07, 6.45) is 2.14. The molecule has 0 N–H and O–H groups in total. The zero-order valence-corrected chi connectivity index (χ0v) is 13.4. The van der Waals surface area contributed by atoms with Gasteiger partial charge in [0.25, 0.3) is 5.89 Å². The fraction of sp³-hybridized carbons (Fsp3) is 0.105. The summed E-state index contributed by atoms with van der Waals surface area (Å²) < 4.78 is 24.3. The summed E-state index contributed by atoms with van der Waals surface area (Å²) in [4.78, 5) is 4.37. The first-order valence-electron chi connectivity index (χ1n) is 7.73. The minimum atomic E-state index is -0.275. The van der Waals surface area contributed by atoms with Crippen LogP contribution in [0.4, 0.5) is 4.39 Å². The van der Waals surface area contributed by atoms with E-state index in [-0.39, 0.29) is 5.82 Å². The van der Waals surface area contributed by atoms with Crippen molar-refractivity contribution in [3.8, 4) is 17.2 Å². The Balaban J connectivity index is 1.70. The lowest BCUT2D eigenvalue weighted by atomic mass is 10.1. The van der Waals surface area contributed by atoms with Gasteiger partial charge >= 0.3 is 0 Å². The van der Waals surface area contributed by atoms with E-state index in [9.17, 15) is 4.39 Å². The van der Waals surface area contributed by atoms with Crippen LogP contribution in [0.3, 0.4) is 0 Å². The zero-order valence-electron chi connectivity index (χ0n) is 13.4. The first kappa shape index (κ1) is 15.3. The fourth-order valence-electron chi connectivity index (χ4n) is 2.70. The molecular formula is C19H14FN3O2. The normalized spacial score (nSPS) is 11.0. The summed E-state index contributed by atoms with van der Waals surface area (Å²) in [5, 5.41) is 9.16. The highest BCUT2D eigenvalue weighted by Crippen LogP contribution is 2.35. The van der Waals surface area contributed by atoms with Crippen LogP contribution in [0.25, 0.3) is 22.4 Å². The van der Waals surface area contributed by atoms with Crippen molar-refractivity contribution < 1.29 is 13.5 Å². The highest BCUT2D eigenvalue weighted by Gasteiger charge is 2.17. The first-order valence-corrected chi connectivity index (χ1v) is 7.73. The van der Waals surface area contributed by atoms with E-state index in [1.807, 2.05) is 24.3 Å². The molecule has 0 aliphatic heterocycles. The molecule has 0 bridgehead atoms. The molecule has 2 heterocycles. The first-order chi connectivity index (χ1) is 12.2. The van der Waals surface area contributed by atoms with Gasteiger partial charge in [0.2, 0.25) is 5.89 Å². The van der Waals surface area contributed by atoms with Crippen molar-refractivity contribution in [2.45, 2.75) is 6.42 Å². The Labute approximate surface area is 143 Å². The summed E-state index contributed by atoms with van der Waals surface area (Å²) >= 11 is 0. The smallest absolute Gasteiger partial charge is 0.251 e. The number of aromatic nitrogens is 3. The Morgan fingerprint density at radius 3 is 2.68 bits per heavy atom. The lowest BCUT2D eigenvalue weighted by Crippen LogP contribution is -1.91. The number of hydrogen-bond acceptors (Lipinski definition) is 5. The third-order valence-corrected chi connectivity index (χ3v) is 3.90. The molecular weight excluding hydrogens is 321 g/mol. The number of rotatable bonds is 4. The quantitative estimate of drug-likeness (QED) is 0.564. The Hall–Kier alpha value is -3.28. The van der Waals surface area contributed by atoms with E-state index in [4.69, 9.17) is 9.15 Å². The Kier molecular flexibility index (Phi) is 3.85. The number of pyridine rings is 1. The summed E-state index contributed by atoms with van der Waals surface area (Å²) in [7, 11) is 1.59. The van der Waals surface area contributed by atoms with Crippen LogP contribution in [0.15, 0.2) is 59.1 Å². The van der Waals surface area contributed by atoms with Gasteiger partial charge in [-0.25, -0.2) is 4.39 Å². The van der Waals surface area contributed by atoms with E-state index in [0.717, 1.165) is 16.5 Å². The number of nitrogens with zero attached hydrogens (tertiary/aromatic N) is 3. The Bertz CT molecular complexity index is 1030. The third kappa shape index (κ3) is 2.94. The molecule has 0 unspecified atom stereocenters. The van der Waals surface area contributed by atoms with Crippen molar-refractivity contribution in [2.24, 2.45) is 0 Å². The molecule has 0 atom stereocenters.